The molecule has 0 aromatic heterocycles. The van der Waals surface area contributed by atoms with E-state index in [1.807, 2.05) is 0 Å². The third-order valence-electron chi connectivity index (χ3n) is 2.37. The summed E-state index contributed by atoms with van der Waals surface area (Å²) < 4.78 is 17.6. The largest absolute Gasteiger partial charge is 0.466 e. The minimum atomic E-state index is -1.43. The maximum absolute atomic E-state index is 13.2. The van der Waals surface area contributed by atoms with Crippen molar-refractivity contribution in [1.29, 1.82) is 0 Å². The fourth-order valence-electron chi connectivity index (χ4n) is 1.25. The lowest BCUT2D eigenvalue weighted by atomic mass is 10.2. The Morgan fingerprint density at radius 1 is 1.56 bits per heavy atom. The molecular weight excluding hydrogens is 213 g/mol. The van der Waals surface area contributed by atoms with Gasteiger partial charge < -0.3 is 10.1 Å². The molecule has 4 nitrogen and oxygen atoms in total. The van der Waals surface area contributed by atoms with Crippen LogP contribution in [0, 0.1) is 5.92 Å². The average Bonchev–Trinajstić information content (AvgIpc) is 3.07. The van der Waals surface area contributed by atoms with Crippen molar-refractivity contribution in [2.45, 2.75) is 25.4 Å². The second-order valence-corrected chi connectivity index (χ2v) is 3.82. The third kappa shape index (κ3) is 4.91. The van der Waals surface area contributed by atoms with Gasteiger partial charge in [-0.1, -0.05) is 18.9 Å². The smallest absolute Gasteiger partial charge is 0.330 e. The number of hydrogen-bond acceptors (Lipinski definition) is 3. The molecule has 1 fully saturated rings. The zero-order valence-corrected chi connectivity index (χ0v) is 9.24. The monoisotopic (exact) mass is 229 g/mol. The van der Waals surface area contributed by atoms with Crippen molar-refractivity contribution in [3.63, 3.8) is 0 Å². The van der Waals surface area contributed by atoms with Crippen molar-refractivity contribution in [3.8, 4) is 0 Å². The number of alkyl halides is 1. The average molecular weight is 229 g/mol. The molecule has 1 rings (SSSR count). The molecule has 1 unspecified atom stereocenters. The van der Waals surface area contributed by atoms with Crippen LogP contribution in [0.3, 0.4) is 0 Å². The zero-order chi connectivity index (χ0) is 12.0. The van der Waals surface area contributed by atoms with Gasteiger partial charge in [0.05, 0.1) is 7.11 Å². The van der Waals surface area contributed by atoms with Crippen LogP contribution in [0.4, 0.5) is 4.39 Å². The number of methoxy groups -OCH3 is 1. The Labute approximate surface area is 93.8 Å². The Morgan fingerprint density at radius 3 is 2.81 bits per heavy atom. The summed E-state index contributed by atoms with van der Waals surface area (Å²) in [6, 6.07) is 0. The SMILES string of the molecule is COC(=O)/C=C/CNC(=O)C(F)CC1CC1. The predicted molar refractivity (Wildman–Crippen MR) is 56.4 cm³/mol. The van der Waals surface area contributed by atoms with E-state index < -0.39 is 18.0 Å². The van der Waals surface area contributed by atoms with Gasteiger partial charge >= 0.3 is 5.97 Å². The number of rotatable bonds is 6. The number of nitrogens with one attached hydrogen (secondary N) is 1. The fourth-order valence-corrected chi connectivity index (χ4v) is 1.25. The summed E-state index contributed by atoms with van der Waals surface area (Å²) in [5.41, 5.74) is 0. The first-order valence-electron chi connectivity index (χ1n) is 5.29. The molecule has 5 heteroatoms. The molecule has 0 heterocycles. The summed E-state index contributed by atoms with van der Waals surface area (Å²) in [6.07, 6.45) is 3.54. The molecular formula is C11H16FNO3. The van der Waals surface area contributed by atoms with Gasteiger partial charge in [0.2, 0.25) is 0 Å². The summed E-state index contributed by atoms with van der Waals surface area (Å²) in [4.78, 5) is 21.8. The van der Waals surface area contributed by atoms with E-state index in [0.29, 0.717) is 12.3 Å². The van der Waals surface area contributed by atoms with Gasteiger partial charge in [0.1, 0.15) is 0 Å². The highest BCUT2D eigenvalue weighted by molar-refractivity contribution is 5.82. The Morgan fingerprint density at radius 2 is 2.25 bits per heavy atom. The standard InChI is InChI=1S/C11H16FNO3/c1-16-10(14)3-2-6-13-11(15)9(12)7-8-4-5-8/h2-3,8-9H,4-7H2,1H3,(H,13,15)/b3-2+. The highest BCUT2D eigenvalue weighted by atomic mass is 19.1. The number of amides is 1. The molecule has 0 aromatic carbocycles. The van der Waals surface area contributed by atoms with E-state index in [1.165, 1.54) is 19.3 Å². The summed E-state index contributed by atoms with van der Waals surface area (Å²) in [6.45, 7) is 0.138. The normalized spacial score (nSPS) is 17.1. The van der Waals surface area contributed by atoms with Crippen molar-refractivity contribution in [2.24, 2.45) is 5.92 Å². The predicted octanol–water partition coefficient (Wildman–Crippen LogP) is 0.970. The van der Waals surface area contributed by atoms with Gasteiger partial charge in [0, 0.05) is 12.6 Å². The van der Waals surface area contributed by atoms with Crippen LogP contribution >= 0.6 is 0 Å². The number of ether oxygens (including phenoxy) is 1. The molecule has 1 aliphatic rings. The minimum absolute atomic E-state index is 0.138. The van der Waals surface area contributed by atoms with E-state index in [-0.39, 0.29) is 6.54 Å². The van der Waals surface area contributed by atoms with Crippen LogP contribution in [0.15, 0.2) is 12.2 Å². The van der Waals surface area contributed by atoms with Crippen molar-refractivity contribution >= 4 is 11.9 Å². The maximum Gasteiger partial charge on any atom is 0.330 e. The van der Waals surface area contributed by atoms with Crippen molar-refractivity contribution in [1.82, 2.24) is 5.32 Å². The van der Waals surface area contributed by atoms with Crippen LogP contribution in [-0.4, -0.2) is 31.7 Å². The summed E-state index contributed by atoms with van der Waals surface area (Å²) in [5, 5.41) is 2.39. The highest BCUT2D eigenvalue weighted by Crippen LogP contribution is 2.34. The highest BCUT2D eigenvalue weighted by Gasteiger charge is 2.28. The first-order valence-corrected chi connectivity index (χ1v) is 5.29. The number of hydrogen-bond donors (Lipinski definition) is 1. The molecule has 1 atom stereocenters. The van der Waals surface area contributed by atoms with Crippen molar-refractivity contribution < 1.29 is 18.7 Å². The lowest BCUT2D eigenvalue weighted by Crippen LogP contribution is -2.32. The topological polar surface area (TPSA) is 55.4 Å². The second kappa shape index (κ2) is 6.25. The van der Waals surface area contributed by atoms with Crippen LogP contribution in [0.25, 0.3) is 0 Å². The Hall–Kier alpha value is -1.39. The van der Waals surface area contributed by atoms with Crippen molar-refractivity contribution in [2.75, 3.05) is 13.7 Å². The van der Waals surface area contributed by atoms with Crippen LogP contribution in [0.5, 0.6) is 0 Å². The molecule has 0 bridgehead atoms. The second-order valence-electron chi connectivity index (χ2n) is 3.82. The number of carbonyl (C=O) groups is 2. The summed E-state index contributed by atoms with van der Waals surface area (Å²) >= 11 is 0. The molecule has 0 aromatic rings. The lowest BCUT2D eigenvalue weighted by molar-refractivity contribution is -0.135. The van der Waals surface area contributed by atoms with Gasteiger partial charge in [-0.05, 0) is 12.3 Å². The molecule has 90 valence electrons. The van der Waals surface area contributed by atoms with Gasteiger partial charge in [-0.15, -0.1) is 0 Å². The summed E-state index contributed by atoms with van der Waals surface area (Å²) in [7, 11) is 1.26. The Bertz CT molecular complexity index is 287. The van der Waals surface area contributed by atoms with E-state index in [1.54, 1.807) is 0 Å². The molecule has 1 N–H and O–H groups in total. The van der Waals surface area contributed by atoms with Crippen LogP contribution in [-0.2, 0) is 14.3 Å². The van der Waals surface area contributed by atoms with E-state index >= 15 is 0 Å². The molecule has 16 heavy (non-hydrogen) atoms. The van der Waals surface area contributed by atoms with E-state index in [4.69, 9.17) is 0 Å². The Balaban J connectivity index is 2.13. The lowest BCUT2D eigenvalue weighted by Gasteiger charge is -2.06. The van der Waals surface area contributed by atoms with E-state index in [9.17, 15) is 14.0 Å². The van der Waals surface area contributed by atoms with Crippen molar-refractivity contribution in [3.05, 3.63) is 12.2 Å². The van der Waals surface area contributed by atoms with Gasteiger partial charge in [0.25, 0.3) is 5.91 Å². The van der Waals surface area contributed by atoms with Gasteiger partial charge in [0.15, 0.2) is 6.17 Å². The molecule has 1 amide bonds. The third-order valence-corrected chi connectivity index (χ3v) is 2.37. The Kier molecular flexibility index (Phi) is 4.95. The van der Waals surface area contributed by atoms with Crippen LogP contribution in [0.2, 0.25) is 0 Å². The minimum Gasteiger partial charge on any atom is -0.466 e. The first-order chi connectivity index (χ1) is 7.63. The maximum atomic E-state index is 13.2. The van der Waals surface area contributed by atoms with Crippen LogP contribution in [0.1, 0.15) is 19.3 Å². The molecule has 0 radical (unpaired) electrons. The quantitative estimate of drug-likeness (QED) is 0.545. The number of esters is 1. The van der Waals surface area contributed by atoms with Gasteiger partial charge in [-0.3, -0.25) is 4.79 Å². The number of carbonyl (C=O) groups excluding carboxylic acids is 2. The molecule has 1 saturated carbocycles. The molecule has 0 spiro atoms. The molecule has 0 aliphatic heterocycles. The van der Waals surface area contributed by atoms with Gasteiger partial charge in [-0.25, -0.2) is 9.18 Å². The molecule has 0 saturated heterocycles. The fraction of sp³-hybridized carbons (Fsp3) is 0.636. The molecule has 1 aliphatic carbocycles. The zero-order valence-electron chi connectivity index (χ0n) is 9.24. The van der Waals surface area contributed by atoms with Crippen LogP contribution < -0.4 is 5.32 Å². The van der Waals surface area contributed by atoms with E-state index in [0.717, 1.165) is 12.8 Å². The van der Waals surface area contributed by atoms with E-state index in [2.05, 4.69) is 10.1 Å². The number of halogens is 1. The summed E-state index contributed by atoms with van der Waals surface area (Å²) in [5.74, 6) is -0.725. The first kappa shape index (κ1) is 12.7. The van der Waals surface area contributed by atoms with Gasteiger partial charge in [-0.2, -0.15) is 0 Å².